The minimum absolute atomic E-state index is 0.0325. The standard InChI is InChI=1S/C10H11ClN6O/c11-2-5-1-6(18)17(3-5)10-15-8(12)7-9(16-10)14-4-13-7/h4-5H,1-3H2,(H3,12,13,14,15,16). The van der Waals surface area contributed by atoms with Crippen LogP contribution in [-0.4, -0.2) is 38.3 Å². The first-order valence-electron chi connectivity index (χ1n) is 5.52. The summed E-state index contributed by atoms with van der Waals surface area (Å²) >= 11 is 5.77. The Hall–Kier alpha value is -1.89. The second-order valence-electron chi connectivity index (χ2n) is 4.24. The molecule has 1 atom stereocenters. The first kappa shape index (κ1) is 11.2. The van der Waals surface area contributed by atoms with Gasteiger partial charge < -0.3 is 10.7 Å². The smallest absolute Gasteiger partial charge is 0.236 e. The summed E-state index contributed by atoms with van der Waals surface area (Å²) in [5.74, 6) is 1.13. The van der Waals surface area contributed by atoms with Crippen molar-refractivity contribution in [3.63, 3.8) is 0 Å². The van der Waals surface area contributed by atoms with E-state index in [1.807, 2.05) is 0 Å². The molecule has 1 saturated heterocycles. The van der Waals surface area contributed by atoms with Gasteiger partial charge in [-0.05, 0) is 5.92 Å². The molecule has 18 heavy (non-hydrogen) atoms. The van der Waals surface area contributed by atoms with Crippen molar-refractivity contribution in [2.24, 2.45) is 5.92 Å². The van der Waals surface area contributed by atoms with E-state index < -0.39 is 0 Å². The summed E-state index contributed by atoms with van der Waals surface area (Å²) in [4.78, 5) is 28.6. The number of nitrogens with zero attached hydrogens (tertiary/aromatic N) is 4. The highest BCUT2D eigenvalue weighted by atomic mass is 35.5. The number of halogens is 1. The summed E-state index contributed by atoms with van der Waals surface area (Å²) in [6.45, 7) is 0.525. The highest BCUT2D eigenvalue weighted by molar-refractivity contribution is 6.18. The maximum atomic E-state index is 11.8. The second kappa shape index (κ2) is 4.09. The number of nitrogens with one attached hydrogen (secondary N) is 1. The Morgan fingerprint density at radius 3 is 3.11 bits per heavy atom. The molecule has 3 heterocycles. The minimum atomic E-state index is -0.0325. The first-order valence-corrected chi connectivity index (χ1v) is 6.05. The lowest BCUT2D eigenvalue weighted by Gasteiger charge is -2.14. The normalized spacial score (nSPS) is 19.9. The molecular weight excluding hydrogens is 256 g/mol. The average molecular weight is 267 g/mol. The molecule has 1 aliphatic heterocycles. The summed E-state index contributed by atoms with van der Waals surface area (Å²) in [7, 11) is 0. The quantitative estimate of drug-likeness (QED) is 0.772. The molecule has 1 amide bonds. The number of amides is 1. The van der Waals surface area contributed by atoms with Crippen LogP contribution in [0.2, 0.25) is 0 Å². The Kier molecular flexibility index (Phi) is 2.55. The molecule has 0 bridgehead atoms. The van der Waals surface area contributed by atoms with E-state index in [0.29, 0.717) is 36.0 Å². The van der Waals surface area contributed by atoms with Gasteiger partial charge in [-0.3, -0.25) is 9.69 Å². The predicted octanol–water partition coefficient (Wildman–Crippen LogP) is 0.527. The molecule has 1 fully saturated rings. The van der Waals surface area contributed by atoms with Gasteiger partial charge >= 0.3 is 0 Å². The topological polar surface area (TPSA) is 101 Å². The number of fused-ring (bicyclic) bond motifs is 1. The van der Waals surface area contributed by atoms with E-state index in [2.05, 4.69) is 19.9 Å². The van der Waals surface area contributed by atoms with Crippen molar-refractivity contribution in [3.8, 4) is 0 Å². The van der Waals surface area contributed by atoms with Gasteiger partial charge in [-0.2, -0.15) is 9.97 Å². The van der Waals surface area contributed by atoms with Gasteiger partial charge in [0.15, 0.2) is 11.5 Å². The van der Waals surface area contributed by atoms with Crippen LogP contribution in [-0.2, 0) is 4.79 Å². The molecule has 1 aliphatic rings. The van der Waals surface area contributed by atoms with E-state index in [1.165, 1.54) is 11.2 Å². The molecule has 0 aromatic carbocycles. The maximum Gasteiger partial charge on any atom is 0.236 e. The Labute approximate surface area is 107 Å². The zero-order chi connectivity index (χ0) is 12.7. The van der Waals surface area contributed by atoms with Gasteiger partial charge in [-0.25, -0.2) is 4.98 Å². The molecule has 3 rings (SSSR count). The molecular formula is C10H11ClN6O. The fourth-order valence-corrected chi connectivity index (χ4v) is 2.25. The van der Waals surface area contributed by atoms with E-state index in [9.17, 15) is 4.79 Å². The molecule has 2 aromatic heterocycles. The zero-order valence-electron chi connectivity index (χ0n) is 9.43. The molecule has 0 saturated carbocycles. The van der Waals surface area contributed by atoms with Gasteiger partial charge in [0.1, 0.15) is 5.52 Å². The van der Waals surface area contributed by atoms with E-state index in [0.717, 1.165) is 0 Å². The number of carbonyl (C=O) groups is 1. The third kappa shape index (κ3) is 1.67. The summed E-state index contributed by atoms with van der Waals surface area (Å²) in [5, 5.41) is 0. The van der Waals surface area contributed by atoms with E-state index in [1.54, 1.807) is 0 Å². The number of rotatable bonds is 2. The minimum Gasteiger partial charge on any atom is -0.382 e. The third-order valence-corrected chi connectivity index (χ3v) is 3.40. The van der Waals surface area contributed by atoms with Gasteiger partial charge in [0.25, 0.3) is 0 Å². The van der Waals surface area contributed by atoms with Crippen LogP contribution in [0, 0.1) is 5.92 Å². The highest BCUT2D eigenvalue weighted by Crippen LogP contribution is 2.25. The number of carbonyl (C=O) groups excluding carboxylic acids is 1. The van der Waals surface area contributed by atoms with Crippen LogP contribution < -0.4 is 10.6 Å². The molecule has 2 aromatic rings. The van der Waals surface area contributed by atoms with Crippen molar-refractivity contribution >= 4 is 40.4 Å². The lowest BCUT2D eigenvalue weighted by molar-refractivity contribution is -0.117. The molecule has 8 heteroatoms. The molecule has 94 valence electrons. The van der Waals surface area contributed by atoms with Crippen LogP contribution in [0.1, 0.15) is 6.42 Å². The number of hydrogen-bond acceptors (Lipinski definition) is 5. The Morgan fingerprint density at radius 1 is 1.56 bits per heavy atom. The van der Waals surface area contributed by atoms with Gasteiger partial charge in [-0.1, -0.05) is 0 Å². The van der Waals surface area contributed by atoms with Crippen LogP contribution >= 0.6 is 11.6 Å². The van der Waals surface area contributed by atoms with E-state index in [4.69, 9.17) is 17.3 Å². The molecule has 1 unspecified atom stereocenters. The summed E-state index contributed by atoms with van der Waals surface area (Å²) in [6, 6.07) is 0. The van der Waals surface area contributed by atoms with E-state index in [-0.39, 0.29) is 17.6 Å². The number of H-pyrrole nitrogens is 1. The van der Waals surface area contributed by atoms with Crippen LogP contribution in [0.15, 0.2) is 6.33 Å². The summed E-state index contributed by atoms with van der Waals surface area (Å²) in [5.41, 5.74) is 6.84. The van der Waals surface area contributed by atoms with Gasteiger partial charge in [0, 0.05) is 18.8 Å². The number of nitrogens with two attached hydrogens (primary N) is 1. The van der Waals surface area contributed by atoms with Crippen molar-refractivity contribution in [2.75, 3.05) is 23.1 Å². The number of hydrogen-bond donors (Lipinski definition) is 2. The van der Waals surface area contributed by atoms with Crippen LogP contribution in [0.4, 0.5) is 11.8 Å². The van der Waals surface area contributed by atoms with Crippen molar-refractivity contribution in [2.45, 2.75) is 6.42 Å². The highest BCUT2D eigenvalue weighted by Gasteiger charge is 2.32. The largest absolute Gasteiger partial charge is 0.382 e. The monoisotopic (exact) mass is 266 g/mol. The lowest BCUT2D eigenvalue weighted by atomic mass is 10.2. The fourth-order valence-electron chi connectivity index (χ4n) is 2.04. The Morgan fingerprint density at radius 2 is 2.39 bits per heavy atom. The van der Waals surface area contributed by atoms with Crippen molar-refractivity contribution in [1.29, 1.82) is 0 Å². The Balaban J connectivity index is 2.01. The van der Waals surface area contributed by atoms with Crippen LogP contribution in [0.5, 0.6) is 0 Å². The van der Waals surface area contributed by atoms with Crippen molar-refractivity contribution in [3.05, 3.63) is 6.33 Å². The summed E-state index contributed by atoms with van der Waals surface area (Å²) < 4.78 is 0. The number of aromatic amines is 1. The lowest BCUT2D eigenvalue weighted by Crippen LogP contribution is -2.27. The van der Waals surface area contributed by atoms with Crippen molar-refractivity contribution in [1.82, 2.24) is 19.9 Å². The number of imidazole rings is 1. The van der Waals surface area contributed by atoms with Crippen molar-refractivity contribution < 1.29 is 4.79 Å². The SMILES string of the molecule is Nc1nc(N2CC(CCl)CC2=O)nc2nc[nH]c12. The third-order valence-electron chi connectivity index (χ3n) is 2.97. The molecule has 3 N–H and O–H groups in total. The number of alkyl halides is 1. The van der Waals surface area contributed by atoms with E-state index >= 15 is 0 Å². The molecule has 0 spiro atoms. The first-order chi connectivity index (χ1) is 8.69. The Bertz CT molecular complexity index is 611. The average Bonchev–Trinajstić information content (AvgIpc) is 2.95. The second-order valence-corrected chi connectivity index (χ2v) is 4.55. The van der Waals surface area contributed by atoms with Crippen LogP contribution in [0.25, 0.3) is 11.2 Å². The van der Waals surface area contributed by atoms with Gasteiger partial charge in [-0.15, -0.1) is 11.6 Å². The van der Waals surface area contributed by atoms with Gasteiger partial charge in [0.05, 0.1) is 6.33 Å². The predicted molar refractivity (Wildman–Crippen MR) is 67.3 cm³/mol. The number of anilines is 2. The molecule has 0 radical (unpaired) electrons. The van der Waals surface area contributed by atoms with Gasteiger partial charge in [0.2, 0.25) is 11.9 Å². The van der Waals surface area contributed by atoms with Crippen LogP contribution in [0.3, 0.4) is 0 Å². The number of aromatic nitrogens is 4. The number of nitrogen functional groups attached to an aromatic ring is 1. The zero-order valence-corrected chi connectivity index (χ0v) is 10.2. The summed E-state index contributed by atoms with van der Waals surface area (Å²) in [6.07, 6.45) is 1.91. The fraction of sp³-hybridized carbons (Fsp3) is 0.400. The maximum absolute atomic E-state index is 11.8. The molecule has 7 nitrogen and oxygen atoms in total. The molecule has 0 aliphatic carbocycles.